The van der Waals surface area contributed by atoms with Gasteiger partial charge in [0, 0.05) is 43.1 Å². The van der Waals surface area contributed by atoms with Crippen LogP contribution in [0.4, 0.5) is 10.1 Å². The zero-order chi connectivity index (χ0) is 23.7. The number of aromatic nitrogens is 3. The summed E-state index contributed by atoms with van der Waals surface area (Å²) in [7, 11) is -3.60. The molecule has 9 heteroatoms. The molecule has 1 aromatic heterocycles. The van der Waals surface area contributed by atoms with Crippen molar-refractivity contribution in [3.8, 4) is 0 Å². The molecular formula is C25H30FN5O2S. The molecule has 0 bridgehead atoms. The molecule has 0 saturated carbocycles. The molecule has 0 aliphatic carbocycles. The quantitative estimate of drug-likeness (QED) is 0.541. The van der Waals surface area contributed by atoms with Crippen LogP contribution in [0.2, 0.25) is 0 Å². The van der Waals surface area contributed by atoms with E-state index in [1.54, 1.807) is 18.3 Å². The number of benzene rings is 2. The Bertz CT molecular complexity index is 1210. The van der Waals surface area contributed by atoms with Gasteiger partial charge in [0.05, 0.1) is 12.2 Å². The third-order valence-electron chi connectivity index (χ3n) is 7.20. The second-order valence-corrected chi connectivity index (χ2v) is 11.4. The molecule has 0 amide bonds. The van der Waals surface area contributed by atoms with Crippen LogP contribution in [0.5, 0.6) is 0 Å². The molecule has 34 heavy (non-hydrogen) atoms. The maximum absolute atomic E-state index is 15.2. The molecule has 180 valence electrons. The number of hydrogen-bond acceptors (Lipinski definition) is 5. The Hall–Kier alpha value is -2.78. The first-order valence-corrected chi connectivity index (χ1v) is 13.4. The lowest BCUT2D eigenvalue weighted by Gasteiger charge is -2.37. The number of hydrogen-bond donors (Lipinski definition) is 0. The van der Waals surface area contributed by atoms with Crippen LogP contribution in [0.15, 0.2) is 60.9 Å². The van der Waals surface area contributed by atoms with E-state index in [4.69, 9.17) is 0 Å². The van der Waals surface area contributed by atoms with E-state index in [1.807, 2.05) is 54.2 Å². The minimum Gasteiger partial charge on any atom is -0.371 e. The van der Waals surface area contributed by atoms with E-state index in [-0.39, 0.29) is 18.4 Å². The highest BCUT2D eigenvalue weighted by atomic mass is 32.2. The van der Waals surface area contributed by atoms with Gasteiger partial charge in [-0.05, 0) is 50.3 Å². The van der Waals surface area contributed by atoms with Crippen molar-refractivity contribution in [1.82, 2.24) is 19.3 Å². The maximum atomic E-state index is 15.2. The second-order valence-electron chi connectivity index (χ2n) is 9.29. The molecule has 2 aliphatic heterocycles. The van der Waals surface area contributed by atoms with Gasteiger partial charge >= 0.3 is 0 Å². The molecule has 0 spiro atoms. The number of anilines is 1. The van der Waals surface area contributed by atoms with Gasteiger partial charge in [0.1, 0.15) is 11.1 Å². The molecule has 5 rings (SSSR count). The van der Waals surface area contributed by atoms with Gasteiger partial charge in [-0.15, -0.1) is 5.10 Å². The molecule has 3 heterocycles. The summed E-state index contributed by atoms with van der Waals surface area (Å²) in [5.74, 6) is -0.361. The maximum Gasteiger partial charge on any atom is 0.221 e. The summed E-state index contributed by atoms with van der Waals surface area (Å²) in [6.45, 7) is 3.57. The third kappa shape index (κ3) is 4.46. The normalized spacial score (nSPS) is 23.8. The zero-order valence-corrected chi connectivity index (χ0v) is 20.1. The predicted octanol–water partition coefficient (Wildman–Crippen LogP) is 4.31. The van der Waals surface area contributed by atoms with E-state index in [0.717, 1.165) is 43.6 Å². The van der Waals surface area contributed by atoms with Crippen LogP contribution in [0.1, 0.15) is 55.0 Å². The van der Waals surface area contributed by atoms with Crippen LogP contribution in [-0.2, 0) is 16.6 Å². The lowest BCUT2D eigenvalue weighted by molar-refractivity contribution is 0.279. The van der Waals surface area contributed by atoms with Crippen LogP contribution in [-0.4, -0.2) is 46.8 Å². The van der Waals surface area contributed by atoms with Gasteiger partial charge in [0.2, 0.25) is 10.0 Å². The number of rotatable bonds is 5. The van der Waals surface area contributed by atoms with Crippen molar-refractivity contribution in [3.05, 3.63) is 77.9 Å². The van der Waals surface area contributed by atoms with Crippen LogP contribution >= 0.6 is 0 Å². The van der Waals surface area contributed by atoms with Gasteiger partial charge in [0.25, 0.3) is 0 Å². The van der Waals surface area contributed by atoms with Crippen molar-refractivity contribution in [2.24, 2.45) is 0 Å². The summed E-state index contributed by atoms with van der Waals surface area (Å²) in [5.41, 5.74) is 2.03. The summed E-state index contributed by atoms with van der Waals surface area (Å²) >= 11 is 0. The Morgan fingerprint density at radius 3 is 2.47 bits per heavy atom. The fourth-order valence-electron chi connectivity index (χ4n) is 5.18. The van der Waals surface area contributed by atoms with E-state index in [1.165, 1.54) is 4.31 Å². The lowest BCUT2D eigenvalue weighted by Crippen LogP contribution is -2.44. The van der Waals surface area contributed by atoms with Gasteiger partial charge in [-0.2, -0.15) is 4.31 Å². The molecular weight excluding hydrogens is 453 g/mol. The van der Waals surface area contributed by atoms with Crippen LogP contribution in [0.25, 0.3) is 0 Å². The second kappa shape index (κ2) is 9.46. The van der Waals surface area contributed by atoms with Crippen LogP contribution < -0.4 is 4.90 Å². The Kier molecular flexibility index (Phi) is 6.40. The monoisotopic (exact) mass is 483 g/mol. The van der Waals surface area contributed by atoms with Gasteiger partial charge in [-0.1, -0.05) is 41.6 Å². The molecule has 2 aliphatic rings. The first kappa shape index (κ1) is 23.0. The van der Waals surface area contributed by atoms with E-state index < -0.39 is 15.3 Å². The molecule has 1 unspecified atom stereocenters. The molecule has 2 fully saturated rings. The standard InChI is InChI=1S/C25H30FN5O2S/c1-19-7-10-25(20-5-3-2-4-6-20)34(32,33)31(19)18-21-8-9-23(17-24(21)26)29-14-11-22(12-15-29)30-16-13-27-28-30/h2-6,8-9,13,16-17,19,22,25H,7,10-12,14-15,18H2,1H3/t19-,25?/m0/s1. The predicted molar refractivity (Wildman–Crippen MR) is 129 cm³/mol. The van der Waals surface area contributed by atoms with Crippen molar-refractivity contribution >= 4 is 15.7 Å². The SMILES string of the molecule is C[C@H]1CCC(c2ccccc2)S(=O)(=O)N1Cc1ccc(N2CCC(n3ccnn3)CC2)cc1F. The minimum absolute atomic E-state index is 0.0489. The van der Waals surface area contributed by atoms with Gasteiger partial charge in [0.15, 0.2) is 0 Å². The van der Waals surface area contributed by atoms with E-state index in [0.29, 0.717) is 18.0 Å². The first-order valence-electron chi connectivity index (χ1n) is 11.9. The average molecular weight is 484 g/mol. The Labute approximate surface area is 200 Å². The van der Waals surface area contributed by atoms with E-state index in [2.05, 4.69) is 15.2 Å². The molecule has 7 nitrogen and oxygen atoms in total. The van der Waals surface area contributed by atoms with E-state index >= 15 is 4.39 Å². The minimum atomic E-state index is -3.60. The smallest absolute Gasteiger partial charge is 0.221 e. The first-order chi connectivity index (χ1) is 16.4. The largest absolute Gasteiger partial charge is 0.371 e. The summed E-state index contributed by atoms with van der Waals surface area (Å²) in [4.78, 5) is 2.17. The number of piperidine rings is 1. The van der Waals surface area contributed by atoms with Crippen molar-refractivity contribution in [2.75, 3.05) is 18.0 Å². The number of nitrogens with zero attached hydrogens (tertiary/aromatic N) is 5. The Morgan fingerprint density at radius 2 is 1.79 bits per heavy atom. The van der Waals surface area contributed by atoms with Gasteiger partial charge < -0.3 is 4.90 Å². The third-order valence-corrected chi connectivity index (χ3v) is 9.57. The molecule has 0 radical (unpaired) electrons. The van der Waals surface area contributed by atoms with Gasteiger partial charge in [-0.3, -0.25) is 0 Å². The van der Waals surface area contributed by atoms with Gasteiger partial charge in [-0.25, -0.2) is 17.5 Å². The molecule has 3 aromatic rings. The summed E-state index contributed by atoms with van der Waals surface area (Å²) < 4.78 is 45.5. The summed E-state index contributed by atoms with van der Waals surface area (Å²) in [6.07, 6.45) is 6.72. The number of halogens is 1. The number of sulfonamides is 1. The molecule has 2 aromatic carbocycles. The Morgan fingerprint density at radius 1 is 1.03 bits per heavy atom. The van der Waals surface area contributed by atoms with Crippen LogP contribution in [0.3, 0.4) is 0 Å². The fraction of sp³-hybridized carbons (Fsp3) is 0.440. The highest BCUT2D eigenvalue weighted by Gasteiger charge is 2.40. The highest BCUT2D eigenvalue weighted by Crippen LogP contribution is 2.38. The summed E-state index contributed by atoms with van der Waals surface area (Å²) in [6, 6.07) is 14.7. The Balaban J connectivity index is 1.30. The van der Waals surface area contributed by atoms with Crippen molar-refractivity contribution in [3.63, 3.8) is 0 Å². The fourth-order valence-corrected chi connectivity index (χ4v) is 7.37. The van der Waals surface area contributed by atoms with Crippen molar-refractivity contribution < 1.29 is 12.8 Å². The molecule has 2 atom stereocenters. The molecule has 0 N–H and O–H groups in total. The van der Waals surface area contributed by atoms with E-state index in [9.17, 15) is 8.42 Å². The van der Waals surface area contributed by atoms with Crippen molar-refractivity contribution in [2.45, 2.75) is 56.5 Å². The van der Waals surface area contributed by atoms with Crippen molar-refractivity contribution in [1.29, 1.82) is 0 Å². The highest BCUT2D eigenvalue weighted by molar-refractivity contribution is 7.89. The van der Waals surface area contributed by atoms with Crippen LogP contribution in [0, 0.1) is 5.82 Å². The lowest BCUT2D eigenvalue weighted by atomic mass is 10.0. The topological polar surface area (TPSA) is 71.3 Å². The summed E-state index contributed by atoms with van der Waals surface area (Å²) in [5, 5.41) is 7.40. The molecule has 2 saturated heterocycles. The average Bonchev–Trinajstić information content (AvgIpc) is 3.38. The zero-order valence-electron chi connectivity index (χ0n) is 19.3.